The Morgan fingerprint density at radius 3 is 2.74 bits per heavy atom. The Bertz CT molecular complexity index is 932. The maximum atomic E-state index is 13.2. The summed E-state index contributed by atoms with van der Waals surface area (Å²) in [5.74, 6) is 0.786. The zero-order valence-corrected chi connectivity index (χ0v) is 16.4. The number of nitrogens with zero attached hydrogens (tertiary/aromatic N) is 4. The number of methoxy groups -OCH3 is 1. The van der Waals surface area contributed by atoms with E-state index in [1.54, 1.807) is 24.0 Å². The fraction of sp³-hybridized carbons (Fsp3) is 0.400. The Morgan fingerprint density at radius 2 is 2.15 bits per heavy atom. The second kappa shape index (κ2) is 8.21. The number of ether oxygens (including phenoxy) is 1. The van der Waals surface area contributed by atoms with Crippen molar-refractivity contribution in [3.05, 3.63) is 46.5 Å². The quantitative estimate of drug-likeness (QED) is 0.571. The average molecular weight is 418 g/mol. The Labute approximate surface area is 162 Å². The third-order valence-electron chi connectivity index (χ3n) is 4.30. The third-order valence-corrected chi connectivity index (χ3v) is 6.26. The van der Waals surface area contributed by atoms with E-state index in [-0.39, 0.29) is 29.6 Å². The lowest BCUT2D eigenvalue weighted by Crippen LogP contribution is -2.49. The predicted molar refractivity (Wildman–Crippen MR) is 99.6 cm³/mol. The van der Waals surface area contributed by atoms with Gasteiger partial charge in [0.15, 0.2) is 4.90 Å². The van der Waals surface area contributed by atoms with Gasteiger partial charge in [-0.05, 0) is 12.1 Å². The van der Waals surface area contributed by atoms with Gasteiger partial charge in [-0.2, -0.15) is 4.31 Å². The van der Waals surface area contributed by atoms with Crippen LogP contribution in [-0.4, -0.2) is 53.9 Å². The molecule has 2 heterocycles. The number of aryl methyl sites for hydroxylation is 1. The van der Waals surface area contributed by atoms with Gasteiger partial charge in [0.2, 0.25) is 0 Å². The Balaban J connectivity index is 0.00000261. The predicted octanol–water partition coefficient (Wildman–Crippen LogP) is 1.09. The van der Waals surface area contributed by atoms with Crippen LogP contribution in [-0.2, 0) is 17.1 Å². The van der Waals surface area contributed by atoms with E-state index < -0.39 is 26.7 Å². The maximum absolute atomic E-state index is 13.2. The van der Waals surface area contributed by atoms with Gasteiger partial charge in [0.25, 0.3) is 15.7 Å². The van der Waals surface area contributed by atoms with Crippen LogP contribution in [0.1, 0.15) is 11.9 Å². The molecule has 1 saturated heterocycles. The summed E-state index contributed by atoms with van der Waals surface area (Å²) in [7, 11) is -0.975. The number of benzene rings is 1. The van der Waals surface area contributed by atoms with E-state index >= 15 is 0 Å². The largest absolute Gasteiger partial charge is 0.497 e. The lowest BCUT2D eigenvalue weighted by atomic mass is 10.2. The van der Waals surface area contributed by atoms with Crippen LogP contribution in [0.15, 0.2) is 35.5 Å². The van der Waals surface area contributed by atoms with Crippen molar-refractivity contribution in [2.24, 2.45) is 7.05 Å². The van der Waals surface area contributed by atoms with E-state index in [0.717, 1.165) is 6.07 Å². The van der Waals surface area contributed by atoms with Crippen LogP contribution in [0, 0.1) is 10.1 Å². The summed E-state index contributed by atoms with van der Waals surface area (Å²) in [6.45, 7) is 1.00. The Kier molecular flexibility index (Phi) is 6.42. The van der Waals surface area contributed by atoms with Gasteiger partial charge in [0.05, 0.1) is 24.1 Å². The van der Waals surface area contributed by atoms with E-state index in [1.165, 1.54) is 23.5 Å². The highest BCUT2D eigenvalue weighted by Gasteiger charge is 2.39. The first-order chi connectivity index (χ1) is 12.4. The molecular weight excluding hydrogens is 398 g/mol. The van der Waals surface area contributed by atoms with Gasteiger partial charge >= 0.3 is 0 Å². The topological polar surface area (TPSA) is 120 Å². The molecule has 1 unspecified atom stereocenters. The van der Waals surface area contributed by atoms with Gasteiger partial charge in [-0.15, -0.1) is 12.4 Å². The fourth-order valence-electron chi connectivity index (χ4n) is 3.00. The van der Waals surface area contributed by atoms with Crippen LogP contribution in [0.5, 0.6) is 5.75 Å². The summed E-state index contributed by atoms with van der Waals surface area (Å²) >= 11 is 0. The molecule has 10 nitrogen and oxygen atoms in total. The van der Waals surface area contributed by atoms with Crippen molar-refractivity contribution in [2.45, 2.75) is 10.9 Å². The molecule has 3 rings (SSSR count). The Hall–Kier alpha value is -2.21. The molecule has 1 aliphatic rings. The third kappa shape index (κ3) is 3.90. The zero-order chi connectivity index (χ0) is 18.9. The van der Waals surface area contributed by atoms with Crippen molar-refractivity contribution >= 4 is 28.1 Å². The minimum atomic E-state index is -4.11. The number of imidazole rings is 1. The molecular formula is C15H20ClN5O5S. The van der Waals surface area contributed by atoms with Crippen LogP contribution in [0.25, 0.3) is 0 Å². The van der Waals surface area contributed by atoms with E-state index in [9.17, 15) is 18.5 Å². The standard InChI is InChI=1S/C15H19N5O5S.ClH/c1-18-7-6-17-15(18)13-10-16-5-8-19(13)26(23,24)14-4-3-11(25-2)9-12(14)20(21)22;/h3-4,6-7,9,13,16H,5,8,10H2,1-2H3;1H. The highest BCUT2D eigenvalue weighted by molar-refractivity contribution is 7.89. The molecule has 0 radical (unpaired) electrons. The monoisotopic (exact) mass is 417 g/mol. The van der Waals surface area contributed by atoms with Gasteiger partial charge in [0.1, 0.15) is 11.6 Å². The second-order valence-electron chi connectivity index (χ2n) is 5.82. The van der Waals surface area contributed by atoms with Crippen molar-refractivity contribution in [1.29, 1.82) is 0 Å². The van der Waals surface area contributed by atoms with Crippen LogP contribution >= 0.6 is 12.4 Å². The lowest BCUT2D eigenvalue weighted by molar-refractivity contribution is -0.387. The van der Waals surface area contributed by atoms with E-state index in [2.05, 4.69) is 10.3 Å². The molecule has 0 aliphatic carbocycles. The lowest BCUT2D eigenvalue weighted by Gasteiger charge is -2.34. The molecule has 1 N–H and O–H groups in total. The van der Waals surface area contributed by atoms with Gasteiger partial charge < -0.3 is 14.6 Å². The number of nitrogens with one attached hydrogen (secondary N) is 1. The van der Waals surface area contributed by atoms with Crippen LogP contribution in [0.4, 0.5) is 5.69 Å². The van der Waals surface area contributed by atoms with Gasteiger partial charge in [-0.25, -0.2) is 13.4 Å². The van der Waals surface area contributed by atoms with Crippen molar-refractivity contribution < 1.29 is 18.1 Å². The zero-order valence-electron chi connectivity index (χ0n) is 14.7. The number of aromatic nitrogens is 2. The van der Waals surface area contributed by atoms with Gasteiger partial charge in [-0.3, -0.25) is 10.1 Å². The fourth-order valence-corrected chi connectivity index (χ4v) is 4.73. The molecule has 0 bridgehead atoms. The second-order valence-corrected chi connectivity index (χ2v) is 7.68. The average Bonchev–Trinajstić information content (AvgIpc) is 3.07. The highest BCUT2D eigenvalue weighted by atomic mass is 35.5. The first kappa shape index (κ1) is 21.1. The van der Waals surface area contributed by atoms with Gasteiger partial charge in [0, 0.05) is 39.1 Å². The minimum Gasteiger partial charge on any atom is -0.497 e. The summed E-state index contributed by atoms with van der Waals surface area (Å²) in [5.41, 5.74) is -0.513. The number of nitro groups is 1. The SMILES string of the molecule is COc1ccc(S(=O)(=O)N2CCNCC2c2nccn2C)c([N+](=O)[O-])c1.Cl. The molecule has 0 saturated carbocycles. The van der Waals surface area contributed by atoms with Crippen molar-refractivity contribution in [3.63, 3.8) is 0 Å². The molecule has 1 aliphatic heterocycles. The number of nitro benzene ring substituents is 1. The van der Waals surface area contributed by atoms with Crippen molar-refractivity contribution in [1.82, 2.24) is 19.2 Å². The number of piperazine rings is 1. The number of hydrogen-bond donors (Lipinski definition) is 1. The first-order valence-electron chi connectivity index (χ1n) is 7.88. The molecule has 1 aromatic carbocycles. The number of rotatable bonds is 5. The molecule has 148 valence electrons. The highest BCUT2D eigenvalue weighted by Crippen LogP contribution is 2.34. The first-order valence-corrected chi connectivity index (χ1v) is 9.32. The van der Waals surface area contributed by atoms with Gasteiger partial charge in [-0.1, -0.05) is 0 Å². The summed E-state index contributed by atoms with van der Waals surface area (Å²) in [6, 6.07) is 3.17. The van der Waals surface area contributed by atoms with E-state index in [4.69, 9.17) is 4.74 Å². The van der Waals surface area contributed by atoms with Crippen LogP contribution in [0.3, 0.4) is 0 Å². The molecule has 2 aromatic rings. The summed E-state index contributed by atoms with van der Waals surface area (Å²) in [6.07, 6.45) is 3.31. The smallest absolute Gasteiger partial charge is 0.293 e. The van der Waals surface area contributed by atoms with Crippen LogP contribution < -0.4 is 10.1 Å². The summed E-state index contributed by atoms with van der Waals surface area (Å²) < 4.78 is 34.5. The maximum Gasteiger partial charge on any atom is 0.293 e. The van der Waals surface area contributed by atoms with E-state index in [1.807, 2.05) is 0 Å². The summed E-state index contributed by atoms with van der Waals surface area (Å²) in [5, 5.41) is 14.6. The molecule has 1 atom stereocenters. The molecule has 0 spiro atoms. The molecule has 1 fully saturated rings. The van der Waals surface area contributed by atoms with Crippen LogP contribution in [0.2, 0.25) is 0 Å². The number of hydrogen-bond acceptors (Lipinski definition) is 7. The van der Waals surface area contributed by atoms with E-state index in [0.29, 0.717) is 18.9 Å². The molecule has 12 heteroatoms. The molecule has 1 aromatic heterocycles. The van der Waals surface area contributed by atoms with Crippen molar-refractivity contribution in [3.8, 4) is 5.75 Å². The normalized spacial score (nSPS) is 17.9. The van der Waals surface area contributed by atoms with Crippen molar-refractivity contribution in [2.75, 3.05) is 26.7 Å². The number of sulfonamides is 1. The number of halogens is 1. The minimum absolute atomic E-state index is 0. The molecule has 27 heavy (non-hydrogen) atoms. The Morgan fingerprint density at radius 1 is 1.41 bits per heavy atom. The molecule has 0 amide bonds. The summed E-state index contributed by atoms with van der Waals surface area (Å²) in [4.78, 5) is 14.6.